The van der Waals surface area contributed by atoms with Crippen molar-refractivity contribution < 1.29 is 14.3 Å². The highest BCUT2D eigenvalue weighted by Crippen LogP contribution is 2.25. The molecule has 0 unspecified atom stereocenters. The number of nitrogens with zero attached hydrogens (tertiary/aromatic N) is 1. The standard InChI is InChI=1S/C14H13BrN2O3S/c1-3-20-14(19)9-4-5-11(10(15)6-9)17-13(18)12-8(2)16-7-21-12/h4-7H,3H2,1-2H3,(H,17,18). The average Bonchev–Trinajstić information content (AvgIpc) is 2.87. The number of anilines is 1. The summed E-state index contributed by atoms with van der Waals surface area (Å²) in [4.78, 5) is 28.4. The lowest BCUT2D eigenvalue weighted by atomic mass is 10.2. The fraction of sp³-hybridized carbons (Fsp3) is 0.214. The molecule has 7 heteroatoms. The van der Waals surface area contributed by atoms with Gasteiger partial charge in [0.05, 0.1) is 29.1 Å². The normalized spacial score (nSPS) is 10.2. The predicted octanol–water partition coefficient (Wildman–Crippen LogP) is 3.64. The zero-order chi connectivity index (χ0) is 15.4. The van der Waals surface area contributed by atoms with E-state index in [0.29, 0.717) is 32.9 Å². The second-order valence-electron chi connectivity index (χ2n) is 4.14. The fourth-order valence-corrected chi connectivity index (χ4v) is 2.83. The highest BCUT2D eigenvalue weighted by atomic mass is 79.9. The Morgan fingerprint density at radius 3 is 2.76 bits per heavy atom. The quantitative estimate of drug-likeness (QED) is 0.836. The molecule has 2 aromatic rings. The molecule has 0 saturated carbocycles. The van der Waals surface area contributed by atoms with Crippen molar-refractivity contribution in [3.8, 4) is 0 Å². The maximum atomic E-state index is 12.1. The van der Waals surface area contributed by atoms with Crippen molar-refractivity contribution >= 4 is 44.8 Å². The lowest BCUT2D eigenvalue weighted by Crippen LogP contribution is -2.12. The van der Waals surface area contributed by atoms with Crippen molar-refractivity contribution in [2.24, 2.45) is 0 Å². The van der Waals surface area contributed by atoms with Crippen molar-refractivity contribution in [1.29, 1.82) is 0 Å². The van der Waals surface area contributed by atoms with Crippen LogP contribution in [0.2, 0.25) is 0 Å². The number of benzene rings is 1. The number of ether oxygens (including phenoxy) is 1. The highest BCUT2D eigenvalue weighted by molar-refractivity contribution is 9.10. The van der Waals surface area contributed by atoms with Crippen molar-refractivity contribution in [2.75, 3.05) is 11.9 Å². The Hall–Kier alpha value is -1.73. The molecule has 1 heterocycles. The zero-order valence-corrected chi connectivity index (χ0v) is 13.9. The van der Waals surface area contributed by atoms with Gasteiger partial charge in [0.1, 0.15) is 4.88 Å². The Kier molecular flexibility index (Phi) is 5.08. The van der Waals surface area contributed by atoms with E-state index in [2.05, 4.69) is 26.2 Å². The van der Waals surface area contributed by atoms with Crippen molar-refractivity contribution in [2.45, 2.75) is 13.8 Å². The molecule has 1 N–H and O–H groups in total. The molecule has 0 saturated heterocycles. The van der Waals surface area contributed by atoms with E-state index in [4.69, 9.17) is 4.74 Å². The molecule has 0 aliphatic heterocycles. The van der Waals surface area contributed by atoms with E-state index >= 15 is 0 Å². The number of amides is 1. The van der Waals surface area contributed by atoms with Crippen LogP contribution in [0.1, 0.15) is 32.6 Å². The van der Waals surface area contributed by atoms with Gasteiger partial charge < -0.3 is 10.1 Å². The van der Waals surface area contributed by atoms with E-state index < -0.39 is 5.97 Å². The summed E-state index contributed by atoms with van der Waals surface area (Å²) in [5.41, 5.74) is 3.33. The van der Waals surface area contributed by atoms with Gasteiger partial charge in [-0.25, -0.2) is 9.78 Å². The number of esters is 1. The minimum atomic E-state index is -0.394. The van der Waals surface area contributed by atoms with Crippen molar-refractivity contribution in [3.63, 3.8) is 0 Å². The lowest BCUT2D eigenvalue weighted by molar-refractivity contribution is 0.0526. The zero-order valence-electron chi connectivity index (χ0n) is 11.5. The molecule has 2 rings (SSSR count). The third kappa shape index (κ3) is 3.68. The predicted molar refractivity (Wildman–Crippen MR) is 84.9 cm³/mol. The number of hydrogen-bond acceptors (Lipinski definition) is 5. The molecule has 0 aliphatic carbocycles. The van der Waals surface area contributed by atoms with E-state index in [1.54, 1.807) is 37.6 Å². The molecule has 1 amide bonds. The molecule has 0 spiro atoms. The van der Waals surface area contributed by atoms with Crippen LogP contribution in [0.5, 0.6) is 0 Å². The molecule has 5 nitrogen and oxygen atoms in total. The molecule has 0 aliphatic rings. The minimum absolute atomic E-state index is 0.223. The molecule has 0 atom stereocenters. The number of aromatic nitrogens is 1. The highest BCUT2D eigenvalue weighted by Gasteiger charge is 2.14. The SMILES string of the molecule is CCOC(=O)c1ccc(NC(=O)c2scnc2C)c(Br)c1. The van der Waals surface area contributed by atoms with Crippen LogP contribution in [-0.2, 0) is 4.74 Å². The van der Waals surface area contributed by atoms with E-state index in [1.165, 1.54) is 11.3 Å². The number of halogens is 1. The van der Waals surface area contributed by atoms with E-state index in [-0.39, 0.29) is 5.91 Å². The molecule has 0 bridgehead atoms. The number of hydrogen-bond donors (Lipinski definition) is 1. The summed E-state index contributed by atoms with van der Waals surface area (Å²) in [6.45, 7) is 3.85. The first-order valence-electron chi connectivity index (χ1n) is 6.21. The van der Waals surface area contributed by atoms with E-state index in [0.717, 1.165) is 0 Å². The fourth-order valence-electron chi connectivity index (χ4n) is 1.66. The summed E-state index contributed by atoms with van der Waals surface area (Å²) in [7, 11) is 0. The van der Waals surface area contributed by atoms with Crippen LogP contribution in [-0.4, -0.2) is 23.5 Å². The molecular weight excluding hydrogens is 356 g/mol. The molecule has 1 aromatic heterocycles. The Bertz CT molecular complexity index is 685. The van der Waals surface area contributed by atoms with E-state index in [9.17, 15) is 9.59 Å². The average molecular weight is 369 g/mol. The van der Waals surface area contributed by atoms with Gasteiger partial charge in [-0.3, -0.25) is 4.79 Å². The largest absolute Gasteiger partial charge is 0.462 e. The van der Waals surface area contributed by atoms with Crippen LogP contribution < -0.4 is 5.32 Å². The second-order valence-corrected chi connectivity index (χ2v) is 5.85. The van der Waals surface area contributed by atoms with Crippen LogP contribution in [0.15, 0.2) is 28.2 Å². The Labute approximate surface area is 134 Å². The summed E-state index contributed by atoms with van der Waals surface area (Å²) in [6.07, 6.45) is 0. The van der Waals surface area contributed by atoms with Gasteiger partial charge >= 0.3 is 5.97 Å². The summed E-state index contributed by atoms with van der Waals surface area (Å²) in [5, 5.41) is 2.78. The summed E-state index contributed by atoms with van der Waals surface area (Å²) >= 11 is 4.63. The molecule has 0 fully saturated rings. The number of aryl methyl sites for hydroxylation is 1. The smallest absolute Gasteiger partial charge is 0.338 e. The van der Waals surface area contributed by atoms with Gasteiger partial charge in [0.25, 0.3) is 5.91 Å². The van der Waals surface area contributed by atoms with Gasteiger partial charge in [-0.1, -0.05) is 0 Å². The lowest BCUT2D eigenvalue weighted by Gasteiger charge is -2.08. The van der Waals surface area contributed by atoms with Gasteiger partial charge in [0.2, 0.25) is 0 Å². The van der Waals surface area contributed by atoms with Gasteiger partial charge in [-0.05, 0) is 48.0 Å². The Balaban J connectivity index is 2.16. The molecule has 0 radical (unpaired) electrons. The maximum Gasteiger partial charge on any atom is 0.338 e. The number of thiazole rings is 1. The van der Waals surface area contributed by atoms with Crippen molar-refractivity contribution in [1.82, 2.24) is 4.98 Å². The number of rotatable bonds is 4. The third-order valence-corrected chi connectivity index (χ3v) is 4.26. The van der Waals surface area contributed by atoms with E-state index in [1.807, 2.05) is 0 Å². The van der Waals surface area contributed by atoms with Gasteiger partial charge in [0, 0.05) is 4.47 Å². The molecular formula is C14H13BrN2O3S. The van der Waals surface area contributed by atoms with Gasteiger partial charge in [-0.2, -0.15) is 0 Å². The Morgan fingerprint density at radius 1 is 1.43 bits per heavy atom. The van der Waals surface area contributed by atoms with Gasteiger partial charge in [0.15, 0.2) is 0 Å². The Morgan fingerprint density at radius 2 is 2.19 bits per heavy atom. The van der Waals surface area contributed by atoms with Crippen LogP contribution in [0.3, 0.4) is 0 Å². The van der Waals surface area contributed by atoms with Crippen LogP contribution >= 0.6 is 27.3 Å². The summed E-state index contributed by atoms with van der Waals surface area (Å²) in [6, 6.07) is 4.88. The summed E-state index contributed by atoms with van der Waals surface area (Å²) < 4.78 is 5.54. The summed E-state index contributed by atoms with van der Waals surface area (Å²) in [5.74, 6) is -0.617. The number of nitrogens with one attached hydrogen (secondary N) is 1. The van der Waals surface area contributed by atoms with Crippen LogP contribution in [0.25, 0.3) is 0 Å². The topological polar surface area (TPSA) is 68.3 Å². The van der Waals surface area contributed by atoms with Crippen molar-refractivity contribution in [3.05, 3.63) is 44.3 Å². The number of carbonyl (C=O) groups is 2. The first-order valence-corrected chi connectivity index (χ1v) is 7.88. The maximum absolute atomic E-state index is 12.1. The second kappa shape index (κ2) is 6.82. The minimum Gasteiger partial charge on any atom is -0.462 e. The first kappa shape index (κ1) is 15.7. The van der Waals surface area contributed by atoms with Crippen LogP contribution in [0, 0.1) is 6.92 Å². The molecule has 110 valence electrons. The van der Waals surface area contributed by atoms with Crippen LogP contribution in [0.4, 0.5) is 5.69 Å². The number of carbonyl (C=O) groups excluding carboxylic acids is 2. The first-order chi connectivity index (χ1) is 10.0. The van der Waals surface area contributed by atoms with Gasteiger partial charge in [-0.15, -0.1) is 11.3 Å². The molecule has 21 heavy (non-hydrogen) atoms. The third-order valence-electron chi connectivity index (χ3n) is 2.68. The molecule has 1 aromatic carbocycles. The monoisotopic (exact) mass is 368 g/mol.